The van der Waals surface area contributed by atoms with E-state index in [1.54, 1.807) is 11.8 Å². The minimum atomic E-state index is 0.184. The molecule has 0 bridgehead atoms. The van der Waals surface area contributed by atoms with Gasteiger partial charge in [0.1, 0.15) is 0 Å². The van der Waals surface area contributed by atoms with E-state index in [2.05, 4.69) is 15.9 Å². The van der Waals surface area contributed by atoms with Gasteiger partial charge in [0.25, 0.3) is 5.91 Å². The van der Waals surface area contributed by atoms with E-state index in [-0.39, 0.29) is 5.91 Å². The van der Waals surface area contributed by atoms with E-state index in [0.717, 1.165) is 35.2 Å². The normalized spacial score (nSPS) is 15.2. The molecule has 1 saturated carbocycles. The van der Waals surface area contributed by atoms with E-state index in [1.165, 1.54) is 6.42 Å². The van der Waals surface area contributed by atoms with Gasteiger partial charge in [-0.05, 0) is 37.7 Å². The molecule has 4 heteroatoms. The van der Waals surface area contributed by atoms with Gasteiger partial charge in [-0.2, -0.15) is 0 Å². The lowest BCUT2D eigenvalue weighted by Gasteiger charge is -2.37. The van der Waals surface area contributed by atoms with Crippen LogP contribution >= 0.6 is 27.7 Å². The highest BCUT2D eigenvalue weighted by Gasteiger charge is 2.29. The number of halogens is 1. The number of nitrogens with zero attached hydrogens (tertiary/aromatic N) is 1. The van der Waals surface area contributed by atoms with Gasteiger partial charge in [-0.3, -0.25) is 4.79 Å². The Bertz CT molecular complexity index is 420. The summed E-state index contributed by atoms with van der Waals surface area (Å²) in [5.74, 6) is 0.184. The molecule has 0 radical (unpaired) electrons. The lowest BCUT2D eigenvalue weighted by Crippen LogP contribution is -2.45. The largest absolute Gasteiger partial charge is 0.335 e. The molecule has 1 aromatic rings. The summed E-state index contributed by atoms with van der Waals surface area (Å²) in [4.78, 5) is 15.7. The van der Waals surface area contributed by atoms with Crippen LogP contribution in [0, 0.1) is 0 Å². The van der Waals surface area contributed by atoms with Crippen LogP contribution in [0.5, 0.6) is 0 Å². The van der Waals surface area contributed by atoms with Crippen LogP contribution < -0.4 is 0 Å². The predicted molar refractivity (Wildman–Crippen MR) is 80.7 cm³/mol. The first kappa shape index (κ1) is 13.9. The third-order valence-electron chi connectivity index (χ3n) is 3.44. The molecule has 18 heavy (non-hydrogen) atoms. The molecule has 2 rings (SSSR count). The quantitative estimate of drug-likeness (QED) is 0.605. The third kappa shape index (κ3) is 2.91. The number of benzene rings is 1. The van der Waals surface area contributed by atoms with Crippen molar-refractivity contribution >= 4 is 33.6 Å². The number of hydrogen-bond donors (Lipinski definition) is 0. The van der Waals surface area contributed by atoms with E-state index in [0.29, 0.717) is 6.04 Å². The molecule has 2 nitrogen and oxygen atoms in total. The second-order valence-electron chi connectivity index (χ2n) is 4.47. The third-order valence-corrected chi connectivity index (χ3v) is 4.59. The zero-order valence-electron chi connectivity index (χ0n) is 10.6. The van der Waals surface area contributed by atoms with Crippen molar-refractivity contribution in [3.8, 4) is 0 Å². The lowest BCUT2D eigenvalue weighted by molar-refractivity contribution is 0.0596. The van der Waals surface area contributed by atoms with Crippen LogP contribution in [0.25, 0.3) is 0 Å². The molecule has 0 atom stereocenters. The van der Waals surface area contributed by atoms with Crippen molar-refractivity contribution in [2.24, 2.45) is 0 Å². The number of carbonyl (C=O) groups excluding carboxylic acids is 1. The Hall–Kier alpha value is -0.480. The van der Waals surface area contributed by atoms with Crippen LogP contribution in [-0.2, 0) is 0 Å². The first-order chi connectivity index (χ1) is 8.77. The monoisotopic (exact) mass is 327 g/mol. The summed E-state index contributed by atoms with van der Waals surface area (Å²) < 4.78 is 0. The second-order valence-corrected chi connectivity index (χ2v) is 6.11. The number of carbonyl (C=O) groups is 1. The number of alkyl halides is 1. The highest BCUT2D eigenvalue weighted by molar-refractivity contribution is 9.09. The molecule has 0 N–H and O–H groups in total. The highest BCUT2D eigenvalue weighted by Crippen LogP contribution is 2.28. The zero-order chi connectivity index (χ0) is 13.0. The van der Waals surface area contributed by atoms with E-state index in [4.69, 9.17) is 0 Å². The first-order valence-electron chi connectivity index (χ1n) is 6.28. The van der Waals surface area contributed by atoms with Gasteiger partial charge in [-0.15, -0.1) is 11.8 Å². The van der Waals surface area contributed by atoms with Crippen molar-refractivity contribution < 1.29 is 4.79 Å². The summed E-state index contributed by atoms with van der Waals surface area (Å²) in [5, 5.41) is 0.844. The molecule has 1 fully saturated rings. The SMILES string of the molecule is CSc1ccccc1C(=O)N(CCBr)C1CCC1. The molecule has 1 amide bonds. The van der Waals surface area contributed by atoms with Crippen LogP contribution in [0.1, 0.15) is 29.6 Å². The molecule has 98 valence electrons. The van der Waals surface area contributed by atoms with Gasteiger partial charge in [-0.25, -0.2) is 0 Å². The molecule has 0 unspecified atom stereocenters. The second kappa shape index (κ2) is 6.62. The number of hydrogen-bond acceptors (Lipinski definition) is 2. The van der Waals surface area contributed by atoms with Crippen LogP contribution in [0.15, 0.2) is 29.2 Å². The topological polar surface area (TPSA) is 20.3 Å². The van der Waals surface area contributed by atoms with Gasteiger partial charge in [0.15, 0.2) is 0 Å². The van der Waals surface area contributed by atoms with E-state index in [1.807, 2.05) is 35.4 Å². The van der Waals surface area contributed by atoms with Gasteiger partial charge < -0.3 is 4.90 Å². The van der Waals surface area contributed by atoms with Gasteiger partial charge in [0.05, 0.1) is 5.56 Å². The van der Waals surface area contributed by atoms with Gasteiger partial charge in [-0.1, -0.05) is 28.1 Å². The molecular weight excluding hydrogens is 310 g/mol. The van der Waals surface area contributed by atoms with Gasteiger partial charge in [0.2, 0.25) is 0 Å². The van der Waals surface area contributed by atoms with Crippen LogP contribution in [-0.4, -0.2) is 35.0 Å². The molecule has 0 saturated heterocycles. The highest BCUT2D eigenvalue weighted by atomic mass is 79.9. The summed E-state index contributed by atoms with van der Waals surface area (Å²) >= 11 is 5.09. The Labute approximate surface area is 121 Å². The van der Waals surface area contributed by atoms with Gasteiger partial charge in [0, 0.05) is 22.8 Å². The maximum absolute atomic E-state index is 12.6. The van der Waals surface area contributed by atoms with Crippen LogP contribution in [0.3, 0.4) is 0 Å². The van der Waals surface area contributed by atoms with E-state index >= 15 is 0 Å². The number of amides is 1. The van der Waals surface area contributed by atoms with Crippen molar-refractivity contribution in [2.45, 2.75) is 30.2 Å². The summed E-state index contributed by atoms with van der Waals surface area (Å²) in [7, 11) is 0. The summed E-state index contributed by atoms with van der Waals surface area (Å²) in [6.07, 6.45) is 5.57. The minimum absolute atomic E-state index is 0.184. The van der Waals surface area contributed by atoms with Crippen molar-refractivity contribution in [3.05, 3.63) is 29.8 Å². The molecule has 1 aliphatic rings. The Morgan fingerprint density at radius 1 is 1.44 bits per heavy atom. The number of thioether (sulfide) groups is 1. The Kier molecular flexibility index (Phi) is 5.13. The van der Waals surface area contributed by atoms with Crippen molar-refractivity contribution in [1.29, 1.82) is 0 Å². The van der Waals surface area contributed by atoms with Crippen molar-refractivity contribution in [1.82, 2.24) is 4.90 Å². The van der Waals surface area contributed by atoms with E-state index < -0.39 is 0 Å². The van der Waals surface area contributed by atoms with E-state index in [9.17, 15) is 4.79 Å². The van der Waals surface area contributed by atoms with Crippen LogP contribution in [0.4, 0.5) is 0 Å². The maximum Gasteiger partial charge on any atom is 0.255 e. The Morgan fingerprint density at radius 2 is 2.17 bits per heavy atom. The first-order valence-corrected chi connectivity index (χ1v) is 8.62. The predicted octanol–water partition coefficient (Wildman–Crippen LogP) is 3.80. The smallest absolute Gasteiger partial charge is 0.255 e. The summed E-state index contributed by atoms with van der Waals surface area (Å²) in [6, 6.07) is 8.34. The molecule has 0 aliphatic heterocycles. The molecule has 1 aliphatic carbocycles. The zero-order valence-corrected chi connectivity index (χ0v) is 13.0. The fourth-order valence-corrected chi connectivity index (χ4v) is 3.19. The standard InChI is InChI=1S/C14H18BrNOS/c1-18-13-8-3-2-7-12(13)14(17)16(10-9-15)11-5-4-6-11/h2-3,7-8,11H,4-6,9-10H2,1H3. The number of rotatable bonds is 5. The average Bonchev–Trinajstić information content (AvgIpc) is 2.35. The van der Waals surface area contributed by atoms with Crippen molar-refractivity contribution in [2.75, 3.05) is 18.1 Å². The average molecular weight is 328 g/mol. The Balaban J connectivity index is 2.21. The summed E-state index contributed by atoms with van der Waals surface area (Å²) in [6.45, 7) is 0.798. The fourth-order valence-electron chi connectivity index (χ4n) is 2.22. The minimum Gasteiger partial charge on any atom is -0.335 e. The summed E-state index contributed by atoms with van der Waals surface area (Å²) in [5.41, 5.74) is 0.845. The van der Waals surface area contributed by atoms with Crippen LogP contribution in [0.2, 0.25) is 0 Å². The molecule has 0 spiro atoms. The maximum atomic E-state index is 12.6. The van der Waals surface area contributed by atoms with Gasteiger partial charge >= 0.3 is 0 Å². The molecule has 0 aromatic heterocycles. The molecular formula is C14H18BrNOS. The Morgan fingerprint density at radius 3 is 2.72 bits per heavy atom. The van der Waals surface area contributed by atoms with Crippen molar-refractivity contribution in [3.63, 3.8) is 0 Å². The fraction of sp³-hybridized carbons (Fsp3) is 0.500. The molecule has 1 aromatic carbocycles. The molecule has 0 heterocycles. The lowest BCUT2D eigenvalue weighted by atomic mass is 9.91.